The van der Waals surface area contributed by atoms with E-state index in [2.05, 4.69) is 10.4 Å². The Morgan fingerprint density at radius 3 is 2.52 bits per heavy atom. The molecule has 0 aliphatic heterocycles. The van der Waals surface area contributed by atoms with Gasteiger partial charge in [-0.2, -0.15) is 18.3 Å². The molecule has 0 unspecified atom stereocenters. The summed E-state index contributed by atoms with van der Waals surface area (Å²) in [4.78, 5) is 13.3. The molecule has 2 N–H and O–H groups in total. The Morgan fingerprint density at radius 2 is 2.00 bits per heavy atom. The number of aliphatic hydroxyl groups excluding tert-OH is 1. The van der Waals surface area contributed by atoms with Crippen LogP contribution in [0.15, 0.2) is 30.5 Å². The molecule has 0 saturated heterocycles. The predicted molar refractivity (Wildman–Crippen MR) is 86.9 cm³/mol. The first-order valence-electron chi connectivity index (χ1n) is 7.35. The molecular weight excluding hydrogens is 361 g/mol. The average Bonchev–Trinajstić information content (AvgIpc) is 2.97. The second-order valence-corrected chi connectivity index (χ2v) is 5.46. The van der Waals surface area contributed by atoms with Crippen molar-refractivity contribution in [2.24, 2.45) is 0 Å². The quantitative estimate of drug-likeness (QED) is 0.840. The summed E-state index contributed by atoms with van der Waals surface area (Å²) in [6.07, 6.45) is -3.81. The normalized spacial score (nSPS) is 11.4. The lowest BCUT2D eigenvalue weighted by Gasteiger charge is -2.20. The van der Waals surface area contributed by atoms with Gasteiger partial charge in [0.25, 0.3) is 0 Å². The summed E-state index contributed by atoms with van der Waals surface area (Å²) in [6.45, 7) is 1.60. The summed E-state index contributed by atoms with van der Waals surface area (Å²) in [7, 11) is 0. The maximum Gasteiger partial charge on any atom is 0.435 e. The second kappa shape index (κ2) is 7.75. The van der Waals surface area contributed by atoms with Gasteiger partial charge >= 0.3 is 12.2 Å². The Labute approximate surface area is 146 Å². The fraction of sp³-hybridized carbons (Fsp3) is 0.333. The smallest absolute Gasteiger partial charge is 0.395 e. The molecule has 25 heavy (non-hydrogen) atoms. The molecular formula is C15H16ClF3N4O2. The van der Waals surface area contributed by atoms with Gasteiger partial charge < -0.3 is 15.3 Å². The number of anilines is 1. The van der Waals surface area contributed by atoms with Crippen LogP contribution in [0.1, 0.15) is 12.6 Å². The van der Waals surface area contributed by atoms with Crippen LogP contribution in [0, 0.1) is 0 Å². The fourth-order valence-electron chi connectivity index (χ4n) is 2.21. The number of aliphatic hydroxyl groups is 1. The number of urea groups is 1. The maximum absolute atomic E-state index is 13.5. The van der Waals surface area contributed by atoms with E-state index in [9.17, 15) is 18.0 Å². The molecule has 0 bridgehead atoms. The molecule has 136 valence electrons. The molecule has 6 nitrogen and oxygen atoms in total. The van der Waals surface area contributed by atoms with Crippen LogP contribution in [0.2, 0.25) is 5.02 Å². The van der Waals surface area contributed by atoms with Crippen LogP contribution in [0.5, 0.6) is 0 Å². The van der Waals surface area contributed by atoms with Crippen molar-refractivity contribution in [3.63, 3.8) is 0 Å². The zero-order valence-corrected chi connectivity index (χ0v) is 14.0. The van der Waals surface area contributed by atoms with Crippen molar-refractivity contribution in [3.05, 3.63) is 41.2 Å². The van der Waals surface area contributed by atoms with Gasteiger partial charge in [0.05, 0.1) is 24.2 Å². The molecule has 0 aliphatic carbocycles. The van der Waals surface area contributed by atoms with E-state index in [4.69, 9.17) is 16.7 Å². The van der Waals surface area contributed by atoms with Crippen LogP contribution in [0.3, 0.4) is 0 Å². The lowest BCUT2D eigenvalue weighted by Crippen LogP contribution is -2.37. The third kappa shape index (κ3) is 4.43. The first-order valence-corrected chi connectivity index (χ1v) is 7.73. The number of amides is 2. The van der Waals surface area contributed by atoms with Crippen molar-refractivity contribution in [2.75, 3.05) is 25.0 Å². The first-order chi connectivity index (χ1) is 11.8. The highest BCUT2D eigenvalue weighted by Crippen LogP contribution is 2.36. The van der Waals surface area contributed by atoms with Gasteiger partial charge in [-0.1, -0.05) is 11.6 Å². The number of hydrogen-bond acceptors (Lipinski definition) is 3. The zero-order valence-electron chi connectivity index (χ0n) is 13.2. The Morgan fingerprint density at radius 1 is 1.36 bits per heavy atom. The summed E-state index contributed by atoms with van der Waals surface area (Å²) >= 11 is 5.75. The summed E-state index contributed by atoms with van der Waals surface area (Å²) in [5.74, 6) is 0. The lowest BCUT2D eigenvalue weighted by atomic mass is 10.3. The first kappa shape index (κ1) is 19.1. The minimum absolute atomic E-state index is 0.00893. The van der Waals surface area contributed by atoms with E-state index in [0.717, 1.165) is 6.20 Å². The number of aromatic nitrogens is 2. The van der Waals surface area contributed by atoms with E-state index in [1.807, 2.05) is 0 Å². The van der Waals surface area contributed by atoms with E-state index in [1.165, 1.54) is 29.2 Å². The van der Waals surface area contributed by atoms with Gasteiger partial charge in [-0.3, -0.25) is 0 Å². The molecule has 0 atom stereocenters. The highest BCUT2D eigenvalue weighted by molar-refractivity contribution is 6.30. The minimum Gasteiger partial charge on any atom is -0.395 e. The molecule has 0 fully saturated rings. The number of benzene rings is 1. The molecule has 0 aliphatic rings. The molecule has 0 radical (unpaired) electrons. The van der Waals surface area contributed by atoms with Crippen molar-refractivity contribution in [2.45, 2.75) is 13.1 Å². The molecule has 1 aromatic heterocycles. The number of carbonyl (C=O) groups excluding carboxylic acids is 1. The van der Waals surface area contributed by atoms with Crippen molar-refractivity contribution >= 4 is 23.3 Å². The number of halogens is 4. The molecule has 1 heterocycles. The van der Waals surface area contributed by atoms with E-state index in [1.54, 1.807) is 6.92 Å². The van der Waals surface area contributed by atoms with E-state index in [-0.39, 0.29) is 25.4 Å². The van der Waals surface area contributed by atoms with E-state index >= 15 is 0 Å². The number of rotatable bonds is 5. The highest BCUT2D eigenvalue weighted by atomic mass is 35.5. The van der Waals surface area contributed by atoms with Gasteiger partial charge in [0.2, 0.25) is 0 Å². The standard InChI is InChI=1S/C15H16ClF3N4O2/c1-2-22(7-8-24)14(25)21-12-9-20-23(13(12)15(17,18)19)11-5-3-10(16)4-6-11/h3-6,9,24H,2,7-8H2,1H3,(H,21,25). The molecule has 0 saturated carbocycles. The SMILES string of the molecule is CCN(CCO)C(=O)Nc1cnn(-c2ccc(Cl)cc2)c1C(F)(F)F. The van der Waals surface area contributed by atoms with Gasteiger partial charge in [0.1, 0.15) is 0 Å². The van der Waals surface area contributed by atoms with Crippen LogP contribution >= 0.6 is 11.6 Å². The Balaban J connectivity index is 2.39. The van der Waals surface area contributed by atoms with Gasteiger partial charge in [0, 0.05) is 18.1 Å². The average molecular weight is 377 g/mol. The van der Waals surface area contributed by atoms with Crippen LogP contribution in [0.4, 0.5) is 23.7 Å². The van der Waals surface area contributed by atoms with Gasteiger partial charge in [-0.15, -0.1) is 0 Å². The number of likely N-dealkylation sites (N-methyl/N-ethyl adjacent to an activating group) is 1. The van der Waals surface area contributed by atoms with Crippen LogP contribution in [0.25, 0.3) is 5.69 Å². The fourth-order valence-corrected chi connectivity index (χ4v) is 2.33. The predicted octanol–water partition coefficient (Wildman–Crippen LogP) is 3.39. The Bertz CT molecular complexity index is 731. The zero-order chi connectivity index (χ0) is 18.6. The van der Waals surface area contributed by atoms with Crippen LogP contribution < -0.4 is 5.32 Å². The third-order valence-electron chi connectivity index (χ3n) is 3.39. The van der Waals surface area contributed by atoms with Gasteiger partial charge in [0.15, 0.2) is 5.69 Å². The molecule has 2 amide bonds. The van der Waals surface area contributed by atoms with Crippen LogP contribution in [-0.2, 0) is 6.18 Å². The Kier molecular flexibility index (Phi) is 5.91. The molecule has 2 rings (SSSR count). The van der Waals surface area contributed by atoms with Crippen molar-refractivity contribution in [1.82, 2.24) is 14.7 Å². The molecule has 10 heteroatoms. The highest BCUT2D eigenvalue weighted by Gasteiger charge is 2.39. The molecule has 0 spiro atoms. The maximum atomic E-state index is 13.5. The summed E-state index contributed by atoms with van der Waals surface area (Å²) in [6, 6.07) is 4.91. The second-order valence-electron chi connectivity index (χ2n) is 5.03. The van der Waals surface area contributed by atoms with Crippen molar-refractivity contribution < 1.29 is 23.1 Å². The molecule has 2 aromatic rings. The summed E-state index contributed by atoms with van der Waals surface area (Å²) in [5.41, 5.74) is -1.42. The molecule has 1 aromatic carbocycles. The van der Waals surface area contributed by atoms with Crippen LogP contribution in [-0.4, -0.2) is 45.5 Å². The number of nitrogens with one attached hydrogen (secondary N) is 1. The van der Waals surface area contributed by atoms with E-state index in [0.29, 0.717) is 9.70 Å². The lowest BCUT2D eigenvalue weighted by molar-refractivity contribution is -0.142. The van der Waals surface area contributed by atoms with Crippen molar-refractivity contribution in [1.29, 1.82) is 0 Å². The topological polar surface area (TPSA) is 70.4 Å². The summed E-state index contributed by atoms with van der Waals surface area (Å²) < 4.78 is 41.2. The van der Waals surface area contributed by atoms with Gasteiger partial charge in [-0.25, -0.2) is 9.48 Å². The van der Waals surface area contributed by atoms with E-state index < -0.39 is 23.6 Å². The number of hydrogen-bond donors (Lipinski definition) is 2. The number of carbonyl (C=O) groups is 1. The largest absolute Gasteiger partial charge is 0.435 e. The monoisotopic (exact) mass is 376 g/mol. The number of nitrogens with zero attached hydrogens (tertiary/aromatic N) is 3. The third-order valence-corrected chi connectivity index (χ3v) is 3.64. The minimum atomic E-state index is -4.74. The number of alkyl halides is 3. The van der Waals surface area contributed by atoms with Gasteiger partial charge in [-0.05, 0) is 31.2 Å². The summed E-state index contributed by atoms with van der Waals surface area (Å²) in [5, 5.41) is 15.2. The Hall–Kier alpha value is -2.26. The van der Waals surface area contributed by atoms with Crippen molar-refractivity contribution in [3.8, 4) is 5.69 Å².